The van der Waals surface area contributed by atoms with Crippen LogP contribution in [0.2, 0.25) is 0 Å². The van der Waals surface area contributed by atoms with E-state index in [0.717, 1.165) is 83.5 Å². The summed E-state index contributed by atoms with van der Waals surface area (Å²) in [5, 5.41) is 23.3. The van der Waals surface area contributed by atoms with Crippen molar-refractivity contribution in [2.24, 2.45) is 0 Å². The molecule has 0 radical (unpaired) electrons. The van der Waals surface area contributed by atoms with E-state index < -0.39 is 12.1 Å². The van der Waals surface area contributed by atoms with Crippen LogP contribution in [0.4, 0.5) is 0 Å². The summed E-state index contributed by atoms with van der Waals surface area (Å²) in [4.78, 5) is 24.5. The van der Waals surface area contributed by atoms with E-state index in [9.17, 15) is 19.8 Å². The zero-order chi connectivity index (χ0) is 47.2. The zero-order valence-corrected chi connectivity index (χ0v) is 43.7. The molecular formula is C59H113NO5. The minimum Gasteiger partial charge on any atom is -0.466 e. The van der Waals surface area contributed by atoms with Crippen LogP contribution in [0.3, 0.4) is 0 Å². The molecule has 0 aliphatic heterocycles. The summed E-state index contributed by atoms with van der Waals surface area (Å²) in [5.74, 6) is -0.101. The van der Waals surface area contributed by atoms with E-state index in [-0.39, 0.29) is 18.5 Å². The Morgan fingerprint density at radius 2 is 0.723 bits per heavy atom. The molecule has 0 saturated carbocycles. The summed E-state index contributed by atoms with van der Waals surface area (Å²) in [5.41, 5.74) is 0. The number of nitrogens with one attached hydrogen (secondary N) is 1. The third kappa shape index (κ3) is 51.6. The third-order valence-electron chi connectivity index (χ3n) is 13.5. The highest BCUT2D eigenvalue weighted by atomic mass is 16.5. The molecule has 0 fully saturated rings. The molecule has 2 atom stereocenters. The summed E-state index contributed by atoms with van der Waals surface area (Å²) in [7, 11) is 0. The molecule has 0 aliphatic rings. The smallest absolute Gasteiger partial charge is 0.305 e. The number of esters is 1. The van der Waals surface area contributed by atoms with Crippen molar-refractivity contribution in [3.63, 3.8) is 0 Å². The monoisotopic (exact) mass is 916 g/mol. The standard InChI is InChI=1S/C59H113NO5/c1-3-5-7-9-11-13-15-17-19-20-21-22-23-24-25-26-27-28-31-35-39-43-47-51-57(62)56(55-61)60-58(63)52-48-44-40-36-32-30-34-38-42-46-50-54-65-59(64)53-49-45-41-37-33-29-18-16-14-12-10-8-6-4-2/h16,18,34,38,56-57,61-62H,3-15,17,19-33,35-37,39-55H2,1-2H3,(H,60,63)/b18-16-,38-34-. The van der Waals surface area contributed by atoms with Crippen LogP contribution in [-0.4, -0.2) is 47.4 Å². The van der Waals surface area contributed by atoms with Gasteiger partial charge in [0.05, 0.1) is 25.4 Å². The van der Waals surface area contributed by atoms with Crippen LogP contribution in [0.1, 0.15) is 316 Å². The zero-order valence-electron chi connectivity index (χ0n) is 43.7. The SMILES string of the molecule is CCCCCCC/C=C\CCCCCCCC(=O)OCCCC/C=C\CCCCCCCC(=O)NC(CO)C(O)CCCCCCCCCCCCCCCCCCCCCCCCC. The summed E-state index contributed by atoms with van der Waals surface area (Å²) < 4.78 is 5.44. The Morgan fingerprint density at radius 1 is 0.415 bits per heavy atom. The van der Waals surface area contributed by atoms with E-state index in [2.05, 4.69) is 43.5 Å². The maximum Gasteiger partial charge on any atom is 0.305 e. The molecule has 0 aromatic heterocycles. The van der Waals surface area contributed by atoms with Crippen molar-refractivity contribution in [1.82, 2.24) is 5.32 Å². The van der Waals surface area contributed by atoms with Crippen LogP contribution >= 0.6 is 0 Å². The topological polar surface area (TPSA) is 95.9 Å². The Hall–Kier alpha value is -1.66. The summed E-state index contributed by atoms with van der Waals surface area (Å²) >= 11 is 0. The average Bonchev–Trinajstić information content (AvgIpc) is 3.31. The molecule has 0 spiro atoms. The molecule has 384 valence electrons. The van der Waals surface area contributed by atoms with E-state index in [0.29, 0.717) is 25.9 Å². The lowest BCUT2D eigenvalue weighted by Gasteiger charge is -2.22. The van der Waals surface area contributed by atoms with Gasteiger partial charge in [-0.2, -0.15) is 0 Å². The number of hydrogen-bond acceptors (Lipinski definition) is 5. The van der Waals surface area contributed by atoms with Gasteiger partial charge >= 0.3 is 5.97 Å². The highest BCUT2D eigenvalue weighted by Crippen LogP contribution is 2.17. The van der Waals surface area contributed by atoms with Crippen molar-refractivity contribution in [3.8, 4) is 0 Å². The van der Waals surface area contributed by atoms with Gasteiger partial charge in [-0.15, -0.1) is 0 Å². The summed E-state index contributed by atoms with van der Waals surface area (Å²) in [6, 6.07) is -0.564. The molecule has 0 saturated heterocycles. The fraction of sp³-hybridized carbons (Fsp3) is 0.898. The van der Waals surface area contributed by atoms with Crippen LogP contribution < -0.4 is 5.32 Å². The van der Waals surface area contributed by atoms with E-state index in [1.807, 2.05) is 0 Å². The molecule has 0 rings (SSSR count). The number of aliphatic hydroxyl groups is 2. The van der Waals surface area contributed by atoms with Gasteiger partial charge in [-0.05, 0) is 77.0 Å². The molecule has 1 amide bonds. The molecule has 0 aromatic carbocycles. The van der Waals surface area contributed by atoms with Gasteiger partial charge in [0.15, 0.2) is 0 Å². The Balaban J connectivity index is 3.50. The Labute approximate surface area is 405 Å². The van der Waals surface area contributed by atoms with Crippen LogP contribution in [0.25, 0.3) is 0 Å². The lowest BCUT2D eigenvalue weighted by atomic mass is 10.0. The van der Waals surface area contributed by atoms with Gasteiger partial charge in [0.1, 0.15) is 0 Å². The number of amides is 1. The molecule has 6 heteroatoms. The number of rotatable bonds is 54. The number of allylic oxidation sites excluding steroid dienone is 4. The van der Waals surface area contributed by atoms with Crippen molar-refractivity contribution in [1.29, 1.82) is 0 Å². The minimum absolute atomic E-state index is 0.0389. The van der Waals surface area contributed by atoms with Gasteiger partial charge in [-0.3, -0.25) is 9.59 Å². The van der Waals surface area contributed by atoms with Crippen LogP contribution in [0.5, 0.6) is 0 Å². The Morgan fingerprint density at radius 3 is 1.09 bits per heavy atom. The molecule has 2 unspecified atom stereocenters. The van der Waals surface area contributed by atoms with Gasteiger partial charge < -0.3 is 20.3 Å². The molecular weight excluding hydrogens is 803 g/mol. The first-order chi connectivity index (χ1) is 32.0. The first-order valence-corrected chi connectivity index (χ1v) is 29.1. The average molecular weight is 917 g/mol. The van der Waals surface area contributed by atoms with Gasteiger partial charge in [-0.25, -0.2) is 0 Å². The van der Waals surface area contributed by atoms with Crippen LogP contribution in [0.15, 0.2) is 24.3 Å². The first kappa shape index (κ1) is 63.3. The highest BCUT2D eigenvalue weighted by Gasteiger charge is 2.20. The van der Waals surface area contributed by atoms with Gasteiger partial charge in [-0.1, -0.05) is 250 Å². The first-order valence-electron chi connectivity index (χ1n) is 29.1. The molecule has 0 bridgehead atoms. The number of aliphatic hydroxyl groups excluding tert-OH is 2. The second-order valence-electron chi connectivity index (χ2n) is 20.0. The van der Waals surface area contributed by atoms with E-state index in [4.69, 9.17) is 4.74 Å². The molecule has 6 nitrogen and oxygen atoms in total. The number of carbonyl (C=O) groups excluding carboxylic acids is 2. The van der Waals surface area contributed by atoms with E-state index in [1.165, 1.54) is 199 Å². The second kappa shape index (κ2) is 54.9. The van der Waals surface area contributed by atoms with Crippen molar-refractivity contribution in [3.05, 3.63) is 24.3 Å². The normalized spacial score (nSPS) is 12.7. The quantitative estimate of drug-likeness (QED) is 0.0321. The highest BCUT2D eigenvalue weighted by molar-refractivity contribution is 5.76. The largest absolute Gasteiger partial charge is 0.466 e. The van der Waals surface area contributed by atoms with Crippen molar-refractivity contribution >= 4 is 11.9 Å². The third-order valence-corrected chi connectivity index (χ3v) is 13.5. The molecule has 65 heavy (non-hydrogen) atoms. The van der Waals surface area contributed by atoms with Crippen molar-refractivity contribution in [2.45, 2.75) is 328 Å². The Bertz CT molecular complexity index is 1010. The molecule has 0 aromatic rings. The van der Waals surface area contributed by atoms with E-state index in [1.54, 1.807) is 0 Å². The number of carbonyl (C=O) groups is 2. The molecule has 3 N–H and O–H groups in total. The molecule has 0 aliphatic carbocycles. The molecule has 0 heterocycles. The summed E-state index contributed by atoms with van der Waals surface area (Å²) in [6.07, 6.45) is 66.0. The van der Waals surface area contributed by atoms with Crippen molar-refractivity contribution in [2.75, 3.05) is 13.2 Å². The van der Waals surface area contributed by atoms with Gasteiger partial charge in [0.25, 0.3) is 0 Å². The maximum atomic E-state index is 12.5. The van der Waals surface area contributed by atoms with Gasteiger partial charge in [0, 0.05) is 12.8 Å². The lowest BCUT2D eigenvalue weighted by Crippen LogP contribution is -2.45. The Kier molecular flexibility index (Phi) is 53.5. The van der Waals surface area contributed by atoms with E-state index >= 15 is 0 Å². The van der Waals surface area contributed by atoms with Crippen molar-refractivity contribution < 1.29 is 24.5 Å². The predicted molar refractivity (Wildman–Crippen MR) is 283 cm³/mol. The second-order valence-corrected chi connectivity index (χ2v) is 20.0. The number of unbranched alkanes of at least 4 members (excludes halogenated alkanes) is 39. The maximum absolute atomic E-state index is 12.5. The predicted octanol–water partition coefficient (Wildman–Crippen LogP) is 17.9. The number of hydrogen-bond donors (Lipinski definition) is 3. The van der Waals surface area contributed by atoms with Crippen LogP contribution in [-0.2, 0) is 14.3 Å². The minimum atomic E-state index is -0.684. The fourth-order valence-electron chi connectivity index (χ4n) is 8.98. The van der Waals surface area contributed by atoms with Gasteiger partial charge in [0.2, 0.25) is 5.91 Å². The number of ether oxygens (including phenoxy) is 1. The summed E-state index contributed by atoms with van der Waals surface area (Å²) in [6.45, 7) is 4.88. The lowest BCUT2D eigenvalue weighted by molar-refractivity contribution is -0.143. The fourth-order valence-corrected chi connectivity index (χ4v) is 8.98. The van der Waals surface area contributed by atoms with Crippen LogP contribution in [0, 0.1) is 0 Å².